The molecule has 0 bridgehead atoms. The van der Waals surface area contributed by atoms with Crippen LogP contribution in [0, 0.1) is 0 Å². The van der Waals surface area contributed by atoms with Crippen molar-refractivity contribution in [2.24, 2.45) is 0 Å². The van der Waals surface area contributed by atoms with Crippen molar-refractivity contribution in [2.75, 3.05) is 0 Å². The Bertz CT molecular complexity index is 850. The first-order valence-corrected chi connectivity index (χ1v) is 8.19. The molecule has 3 rings (SSSR count). The summed E-state index contributed by atoms with van der Waals surface area (Å²) < 4.78 is 0. The van der Waals surface area contributed by atoms with Gasteiger partial charge in [0.1, 0.15) is 0 Å². The van der Waals surface area contributed by atoms with Crippen LogP contribution in [0.2, 0.25) is 0 Å². The van der Waals surface area contributed by atoms with Crippen molar-refractivity contribution in [2.45, 2.75) is 13.8 Å². The van der Waals surface area contributed by atoms with Crippen LogP contribution in [0.5, 0.6) is 0 Å². The fourth-order valence-electron chi connectivity index (χ4n) is 2.47. The number of carbonyl (C=O) groups excluding carboxylic acids is 1. The van der Waals surface area contributed by atoms with Crippen LogP contribution in [0.25, 0.3) is 11.1 Å². The summed E-state index contributed by atoms with van der Waals surface area (Å²) in [6.45, 7) is 4.00. The Hall–Kier alpha value is -3.20. The molecule has 3 aromatic rings. The molecule has 0 spiro atoms. The summed E-state index contributed by atoms with van der Waals surface area (Å²) in [5, 5.41) is 9.20. The van der Waals surface area contributed by atoms with Crippen molar-refractivity contribution in [3.63, 3.8) is 0 Å². The first kappa shape index (κ1) is 18.1. The van der Waals surface area contributed by atoms with Gasteiger partial charge < -0.3 is 5.11 Å². The van der Waals surface area contributed by atoms with Crippen LogP contribution in [-0.4, -0.2) is 16.9 Å². The smallest absolute Gasteiger partial charge is 0.336 e. The Kier molecular flexibility index (Phi) is 6.24. The fourth-order valence-corrected chi connectivity index (χ4v) is 2.47. The Labute approximate surface area is 147 Å². The molecule has 0 fully saturated rings. The van der Waals surface area contributed by atoms with Crippen LogP contribution in [0.4, 0.5) is 0 Å². The molecule has 0 radical (unpaired) electrons. The molecule has 0 aromatic heterocycles. The highest BCUT2D eigenvalue weighted by atomic mass is 16.4. The van der Waals surface area contributed by atoms with Gasteiger partial charge in [0.2, 0.25) is 0 Å². The summed E-state index contributed by atoms with van der Waals surface area (Å²) >= 11 is 0. The molecule has 0 saturated heterocycles. The molecule has 0 aliphatic carbocycles. The van der Waals surface area contributed by atoms with E-state index in [1.54, 1.807) is 24.3 Å². The largest absolute Gasteiger partial charge is 0.478 e. The maximum Gasteiger partial charge on any atom is 0.336 e. The molecular formula is C22H20O3. The number of ketones is 1. The molecule has 0 aliphatic heterocycles. The average molecular weight is 332 g/mol. The molecule has 0 heterocycles. The molecule has 25 heavy (non-hydrogen) atoms. The van der Waals surface area contributed by atoms with Crippen molar-refractivity contribution in [3.8, 4) is 11.1 Å². The number of rotatable bonds is 4. The van der Waals surface area contributed by atoms with Crippen LogP contribution in [0.1, 0.15) is 40.1 Å². The van der Waals surface area contributed by atoms with E-state index in [2.05, 4.69) is 0 Å². The zero-order valence-electron chi connectivity index (χ0n) is 14.3. The van der Waals surface area contributed by atoms with E-state index < -0.39 is 5.97 Å². The third-order valence-corrected chi connectivity index (χ3v) is 3.66. The summed E-state index contributed by atoms with van der Waals surface area (Å²) in [4.78, 5) is 23.8. The Morgan fingerprint density at radius 1 is 0.640 bits per heavy atom. The zero-order chi connectivity index (χ0) is 18.2. The Morgan fingerprint density at radius 2 is 1.12 bits per heavy atom. The van der Waals surface area contributed by atoms with E-state index in [1.165, 1.54) is 12.1 Å². The molecule has 0 saturated carbocycles. The molecule has 3 nitrogen and oxygen atoms in total. The van der Waals surface area contributed by atoms with Crippen molar-refractivity contribution < 1.29 is 14.7 Å². The highest BCUT2D eigenvalue weighted by Crippen LogP contribution is 2.21. The van der Waals surface area contributed by atoms with E-state index in [9.17, 15) is 14.7 Å². The number of benzene rings is 3. The van der Waals surface area contributed by atoms with Gasteiger partial charge in [-0.05, 0) is 17.2 Å². The second kappa shape index (κ2) is 8.60. The van der Waals surface area contributed by atoms with Gasteiger partial charge in [0.05, 0.1) is 5.56 Å². The predicted molar refractivity (Wildman–Crippen MR) is 100 cm³/mol. The van der Waals surface area contributed by atoms with Crippen LogP contribution in [-0.2, 0) is 0 Å². The lowest BCUT2D eigenvalue weighted by Crippen LogP contribution is -2.09. The second-order valence-electron chi connectivity index (χ2n) is 5.12. The van der Waals surface area contributed by atoms with Crippen molar-refractivity contribution in [1.29, 1.82) is 0 Å². The molecule has 1 N–H and O–H groups in total. The van der Waals surface area contributed by atoms with Crippen molar-refractivity contribution in [1.82, 2.24) is 0 Å². The van der Waals surface area contributed by atoms with Gasteiger partial charge in [-0.15, -0.1) is 0 Å². The number of carboxylic acid groups (broad SMARTS) is 1. The summed E-state index contributed by atoms with van der Waals surface area (Å²) in [7, 11) is 0. The van der Waals surface area contributed by atoms with Gasteiger partial charge >= 0.3 is 5.97 Å². The van der Waals surface area contributed by atoms with E-state index in [0.29, 0.717) is 5.56 Å². The minimum absolute atomic E-state index is 0.0182. The topological polar surface area (TPSA) is 54.4 Å². The Morgan fingerprint density at radius 3 is 1.68 bits per heavy atom. The lowest BCUT2D eigenvalue weighted by Gasteiger charge is -2.06. The molecule has 126 valence electrons. The van der Waals surface area contributed by atoms with Crippen LogP contribution >= 0.6 is 0 Å². The quantitative estimate of drug-likeness (QED) is 0.659. The summed E-state index contributed by atoms with van der Waals surface area (Å²) in [6.07, 6.45) is 0. The van der Waals surface area contributed by atoms with E-state index >= 15 is 0 Å². The first-order chi connectivity index (χ1) is 12.2. The third kappa shape index (κ3) is 4.21. The van der Waals surface area contributed by atoms with Crippen LogP contribution in [0.15, 0.2) is 78.9 Å². The van der Waals surface area contributed by atoms with E-state index in [-0.39, 0.29) is 16.9 Å². The lowest BCUT2D eigenvalue weighted by molar-refractivity contribution is 0.0693. The lowest BCUT2D eigenvalue weighted by atomic mass is 9.96. The summed E-state index contributed by atoms with van der Waals surface area (Å²) in [5.41, 5.74) is 2.77. The second-order valence-corrected chi connectivity index (χ2v) is 5.12. The highest BCUT2D eigenvalue weighted by Gasteiger charge is 2.17. The van der Waals surface area contributed by atoms with Gasteiger partial charge in [0.15, 0.2) is 5.78 Å². The minimum atomic E-state index is -1.10. The monoisotopic (exact) mass is 332 g/mol. The molecule has 3 heteroatoms. The number of aromatic carboxylic acids is 1. The van der Waals surface area contributed by atoms with Crippen molar-refractivity contribution >= 4 is 11.8 Å². The van der Waals surface area contributed by atoms with E-state index in [0.717, 1.165) is 11.1 Å². The summed E-state index contributed by atoms with van der Waals surface area (Å²) in [6, 6.07) is 23.3. The first-order valence-electron chi connectivity index (χ1n) is 8.19. The minimum Gasteiger partial charge on any atom is -0.478 e. The number of carboxylic acids is 1. The third-order valence-electron chi connectivity index (χ3n) is 3.66. The molecule has 0 unspecified atom stereocenters. The van der Waals surface area contributed by atoms with E-state index in [4.69, 9.17) is 0 Å². The zero-order valence-corrected chi connectivity index (χ0v) is 14.3. The van der Waals surface area contributed by atoms with Gasteiger partial charge in [0, 0.05) is 11.1 Å². The Balaban J connectivity index is 0.00000109. The molecule has 0 atom stereocenters. The molecule has 0 amide bonds. The van der Waals surface area contributed by atoms with Crippen LogP contribution in [0.3, 0.4) is 0 Å². The number of hydrogen-bond acceptors (Lipinski definition) is 2. The standard InChI is InChI=1S/C20H14O3.C2H6/c21-19(17-8-4-5-9-18(17)20(22)23)16-12-10-15(11-13-16)14-6-2-1-3-7-14;1-2/h1-13H,(H,22,23);1-2H3. The van der Waals surface area contributed by atoms with Gasteiger partial charge in [-0.2, -0.15) is 0 Å². The number of carbonyl (C=O) groups is 2. The maximum atomic E-state index is 12.6. The molecule has 0 aliphatic rings. The van der Waals surface area contributed by atoms with Gasteiger partial charge in [-0.25, -0.2) is 4.79 Å². The number of hydrogen-bond donors (Lipinski definition) is 1. The normalized spacial score (nSPS) is 9.68. The van der Waals surface area contributed by atoms with Gasteiger partial charge in [0.25, 0.3) is 0 Å². The fraction of sp³-hybridized carbons (Fsp3) is 0.0909. The van der Waals surface area contributed by atoms with Crippen LogP contribution < -0.4 is 0 Å². The van der Waals surface area contributed by atoms with Gasteiger partial charge in [-0.1, -0.05) is 86.6 Å². The SMILES string of the molecule is CC.O=C(O)c1ccccc1C(=O)c1ccc(-c2ccccc2)cc1. The summed E-state index contributed by atoms with van der Waals surface area (Å²) in [5.74, 6) is -1.39. The molecular weight excluding hydrogens is 312 g/mol. The maximum absolute atomic E-state index is 12.6. The molecule has 3 aromatic carbocycles. The van der Waals surface area contributed by atoms with Crippen molar-refractivity contribution in [3.05, 3.63) is 95.6 Å². The predicted octanol–water partition coefficient (Wildman–Crippen LogP) is 5.31. The van der Waals surface area contributed by atoms with Gasteiger partial charge in [-0.3, -0.25) is 4.79 Å². The van der Waals surface area contributed by atoms with E-state index in [1.807, 2.05) is 56.3 Å². The average Bonchev–Trinajstić information content (AvgIpc) is 2.70. The highest BCUT2D eigenvalue weighted by molar-refractivity contribution is 6.14.